The maximum absolute atomic E-state index is 10.8. The van der Waals surface area contributed by atoms with Crippen molar-refractivity contribution in [1.29, 1.82) is 0 Å². The zero-order valence-electron chi connectivity index (χ0n) is 8.91. The number of hydrogen-bond acceptors (Lipinski definition) is 4. The Hall–Kier alpha value is -2.50. The van der Waals surface area contributed by atoms with Crippen molar-refractivity contribution in [2.24, 2.45) is 0 Å². The van der Waals surface area contributed by atoms with Crippen molar-refractivity contribution < 1.29 is 19.6 Å². The molecule has 1 aromatic carbocycles. The van der Waals surface area contributed by atoms with Crippen molar-refractivity contribution in [2.45, 2.75) is 6.92 Å². The van der Waals surface area contributed by atoms with Gasteiger partial charge in [-0.15, -0.1) is 0 Å². The number of hydrogen-bond donors (Lipinski definition) is 1. The first kappa shape index (κ1) is 12.6. The fourth-order valence-electron chi connectivity index (χ4n) is 1.34. The lowest BCUT2D eigenvalue weighted by Crippen LogP contribution is -1.96. The number of nitro benzene ring substituents is 1. The Bertz CT molecular complexity index is 519. The van der Waals surface area contributed by atoms with E-state index in [1.165, 1.54) is 19.1 Å². The summed E-state index contributed by atoms with van der Waals surface area (Å²) in [6, 6.07) is 2.53. The first-order chi connectivity index (χ1) is 7.95. The molecule has 6 heteroatoms. The Morgan fingerprint density at radius 3 is 2.53 bits per heavy atom. The van der Waals surface area contributed by atoms with Crippen LogP contribution in [0.15, 0.2) is 18.2 Å². The van der Waals surface area contributed by atoms with Gasteiger partial charge in [0.25, 0.3) is 5.69 Å². The lowest BCUT2D eigenvalue weighted by atomic mass is 10.0. The maximum Gasteiger partial charge on any atom is 0.328 e. The van der Waals surface area contributed by atoms with Crippen LogP contribution in [0.25, 0.3) is 6.08 Å². The molecule has 0 atom stereocenters. The van der Waals surface area contributed by atoms with Crippen LogP contribution in [0.5, 0.6) is 0 Å². The third-order valence-corrected chi connectivity index (χ3v) is 2.13. The molecule has 1 N–H and O–H groups in total. The average Bonchev–Trinajstić information content (AvgIpc) is 2.25. The predicted molar refractivity (Wildman–Crippen MR) is 59.9 cm³/mol. The highest BCUT2D eigenvalue weighted by molar-refractivity contribution is 5.89. The van der Waals surface area contributed by atoms with E-state index < -0.39 is 10.9 Å². The van der Waals surface area contributed by atoms with Gasteiger partial charge in [-0.3, -0.25) is 14.9 Å². The number of nitrogens with zero attached hydrogens (tertiary/aromatic N) is 1. The molecule has 6 nitrogen and oxygen atoms in total. The second-order valence-corrected chi connectivity index (χ2v) is 3.31. The van der Waals surface area contributed by atoms with E-state index in [0.29, 0.717) is 17.4 Å². The SMILES string of the molecule is Cc1cc(/C=C/C(=O)O)c(C=O)cc1[N+](=O)[O-]. The van der Waals surface area contributed by atoms with E-state index in [4.69, 9.17) is 5.11 Å². The number of aldehydes is 1. The van der Waals surface area contributed by atoms with Crippen molar-refractivity contribution in [2.75, 3.05) is 0 Å². The normalized spacial score (nSPS) is 10.4. The summed E-state index contributed by atoms with van der Waals surface area (Å²) in [4.78, 5) is 31.2. The topological polar surface area (TPSA) is 97.5 Å². The lowest BCUT2D eigenvalue weighted by Gasteiger charge is -2.02. The molecule has 0 saturated carbocycles. The number of benzene rings is 1. The molecule has 0 fully saturated rings. The maximum atomic E-state index is 10.8. The van der Waals surface area contributed by atoms with E-state index in [9.17, 15) is 19.7 Å². The van der Waals surface area contributed by atoms with Gasteiger partial charge in [-0.05, 0) is 24.6 Å². The largest absolute Gasteiger partial charge is 0.478 e. The minimum atomic E-state index is -1.15. The van der Waals surface area contributed by atoms with E-state index in [1.54, 1.807) is 0 Å². The van der Waals surface area contributed by atoms with Crippen molar-refractivity contribution in [3.8, 4) is 0 Å². The fourth-order valence-corrected chi connectivity index (χ4v) is 1.34. The Morgan fingerprint density at radius 2 is 2.06 bits per heavy atom. The van der Waals surface area contributed by atoms with Gasteiger partial charge in [-0.25, -0.2) is 4.79 Å². The van der Waals surface area contributed by atoms with E-state index >= 15 is 0 Å². The molecule has 0 aromatic heterocycles. The summed E-state index contributed by atoms with van der Waals surface area (Å²) in [5.74, 6) is -1.15. The minimum absolute atomic E-state index is 0.0831. The monoisotopic (exact) mass is 235 g/mol. The average molecular weight is 235 g/mol. The highest BCUT2D eigenvalue weighted by Gasteiger charge is 2.13. The second-order valence-electron chi connectivity index (χ2n) is 3.31. The van der Waals surface area contributed by atoms with Gasteiger partial charge in [0.05, 0.1) is 4.92 Å². The molecule has 0 unspecified atom stereocenters. The molecule has 0 aliphatic carbocycles. The number of aliphatic carboxylic acids is 1. The number of nitro groups is 1. The number of aryl methyl sites for hydroxylation is 1. The van der Waals surface area contributed by atoms with E-state index in [-0.39, 0.29) is 11.3 Å². The molecule has 0 heterocycles. The van der Waals surface area contributed by atoms with Crippen LogP contribution < -0.4 is 0 Å². The van der Waals surface area contributed by atoms with Crippen LogP contribution in [0.4, 0.5) is 5.69 Å². The van der Waals surface area contributed by atoms with Gasteiger partial charge in [0.1, 0.15) is 0 Å². The zero-order valence-corrected chi connectivity index (χ0v) is 8.91. The second kappa shape index (κ2) is 5.02. The van der Waals surface area contributed by atoms with E-state index in [0.717, 1.165) is 12.1 Å². The van der Waals surface area contributed by atoms with Crippen molar-refractivity contribution in [3.63, 3.8) is 0 Å². The van der Waals surface area contributed by atoms with Crippen LogP contribution in [0.3, 0.4) is 0 Å². The summed E-state index contributed by atoms with van der Waals surface area (Å²) in [5, 5.41) is 19.1. The molecule has 1 aromatic rings. The Morgan fingerprint density at radius 1 is 1.41 bits per heavy atom. The summed E-state index contributed by atoms with van der Waals surface area (Å²) in [7, 11) is 0. The van der Waals surface area contributed by atoms with Crippen LogP contribution in [-0.4, -0.2) is 22.3 Å². The van der Waals surface area contributed by atoms with E-state index in [1.807, 2.05) is 0 Å². The molecular weight excluding hydrogens is 226 g/mol. The highest BCUT2D eigenvalue weighted by atomic mass is 16.6. The molecule has 1 rings (SSSR count). The third-order valence-electron chi connectivity index (χ3n) is 2.13. The first-order valence-electron chi connectivity index (χ1n) is 4.61. The fraction of sp³-hybridized carbons (Fsp3) is 0.0909. The number of carbonyl (C=O) groups excluding carboxylic acids is 1. The quantitative estimate of drug-likeness (QED) is 0.371. The molecule has 0 aliphatic rings. The molecule has 17 heavy (non-hydrogen) atoms. The number of carbonyl (C=O) groups is 2. The Labute approximate surface area is 96.3 Å². The summed E-state index contributed by atoms with van der Waals surface area (Å²) in [6.07, 6.45) is 2.55. The number of rotatable bonds is 4. The van der Waals surface area contributed by atoms with Crippen LogP contribution in [0.2, 0.25) is 0 Å². The molecule has 0 radical (unpaired) electrons. The van der Waals surface area contributed by atoms with Gasteiger partial charge in [0.2, 0.25) is 0 Å². The summed E-state index contributed by atoms with van der Waals surface area (Å²) in [6.45, 7) is 1.52. The minimum Gasteiger partial charge on any atom is -0.478 e. The van der Waals surface area contributed by atoms with Crippen molar-refractivity contribution in [3.05, 3.63) is 45.0 Å². The summed E-state index contributed by atoms with van der Waals surface area (Å²) < 4.78 is 0. The summed E-state index contributed by atoms with van der Waals surface area (Å²) in [5.41, 5.74) is 0.621. The molecule has 0 aliphatic heterocycles. The van der Waals surface area contributed by atoms with Crippen molar-refractivity contribution in [1.82, 2.24) is 0 Å². The lowest BCUT2D eigenvalue weighted by molar-refractivity contribution is -0.385. The Balaban J connectivity index is 3.33. The van der Waals surface area contributed by atoms with Crippen LogP contribution >= 0.6 is 0 Å². The molecule has 0 saturated heterocycles. The molecule has 88 valence electrons. The van der Waals surface area contributed by atoms with Crippen LogP contribution in [-0.2, 0) is 4.79 Å². The molecular formula is C11H9NO5. The number of carboxylic acids is 1. The molecule has 0 amide bonds. The van der Waals surface area contributed by atoms with Gasteiger partial charge in [0, 0.05) is 23.3 Å². The van der Waals surface area contributed by atoms with Gasteiger partial charge in [-0.1, -0.05) is 0 Å². The predicted octanol–water partition coefficient (Wildman–Crippen LogP) is 1.81. The van der Waals surface area contributed by atoms with Gasteiger partial charge < -0.3 is 5.11 Å². The third kappa shape index (κ3) is 2.97. The van der Waals surface area contributed by atoms with Crippen LogP contribution in [0, 0.1) is 17.0 Å². The summed E-state index contributed by atoms with van der Waals surface area (Å²) >= 11 is 0. The van der Waals surface area contributed by atoms with Crippen LogP contribution in [0.1, 0.15) is 21.5 Å². The Kier molecular flexibility index (Phi) is 3.71. The first-order valence-corrected chi connectivity index (χ1v) is 4.61. The number of carboxylic acid groups (broad SMARTS) is 1. The highest BCUT2D eigenvalue weighted by Crippen LogP contribution is 2.23. The molecule has 0 bridgehead atoms. The van der Waals surface area contributed by atoms with Crippen molar-refractivity contribution >= 4 is 24.0 Å². The smallest absolute Gasteiger partial charge is 0.328 e. The standard InChI is InChI=1S/C11H9NO5/c1-7-4-8(2-3-11(14)15)9(6-13)5-10(7)12(16)17/h2-6H,1H3,(H,14,15)/b3-2+. The molecule has 0 spiro atoms. The zero-order chi connectivity index (χ0) is 13.0. The van der Waals surface area contributed by atoms with Gasteiger partial charge in [0.15, 0.2) is 6.29 Å². The van der Waals surface area contributed by atoms with E-state index in [2.05, 4.69) is 0 Å². The van der Waals surface area contributed by atoms with Gasteiger partial charge >= 0.3 is 5.97 Å². The van der Waals surface area contributed by atoms with Gasteiger partial charge in [-0.2, -0.15) is 0 Å².